The summed E-state index contributed by atoms with van der Waals surface area (Å²) in [5.41, 5.74) is 5.91. The van der Waals surface area contributed by atoms with Gasteiger partial charge in [0, 0.05) is 18.6 Å². The Bertz CT molecular complexity index is 191. The van der Waals surface area contributed by atoms with Crippen LogP contribution in [0.1, 0.15) is 26.2 Å². The van der Waals surface area contributed by atoms with Gasteiger partial charge in [0.15, 0.2) is 0 Å². The van der Waals surface area contributed by atoms with Crippen molar-refractivity contribution in [3.05, 3.63) is 0 Å². The number of hydrogen-bond donors (Lipinski definition) is 1. The molecule has 0 bridgehead atoms. The summed E-state index contributed by atoms with van der Waals surface area (Å²) in [7, 11) is 0. The Morgan fingerprint density at radius 3 is 2.81 bits per heavy atom. The zero-order valence-electron chi connectivity index (χ0n) is 9.87. The molecular formula is C11H22F2N2O. The van der Waals surface area contributed by atoms with Gasteiger partial charge in [-0.2, -0.15) is 0 Å². The maximum Gasteiger partial charge on any atom is 0.261 e. The van der Waals surface area contributed by atoms with E-state index in [1.165, 1.54) is 6.42 Å². The van der Waals surface area contributed by atoms with E-state index in [1.807, 2.05) is 6.92 Å². The summed E-state index contributed by atoms with van der Waals surface area (Å²) >= 11 is 0. The van der Waals surface area contributed by atoms with Crippen molar-refractivity contribution in [3.8, 4) is 0 Å². The van der Waals surface area contributed by atoms with E-state index in [1.54, 1.807) is 0 Å². The molecule has 0 amide bonds. The number of nitrogens with zero attached hydrogens (tertiary/aromatic N) is 1. The molecule has 0 aliphatic carbocycles. The number of likely N-dealkylation sites (tertiary alicyclic amines) is 1. The fourth-order valence-electron chi connectivity index (χ4n) is 2.24. The number of rotatable bonds is 6. The first-order chi connectivity index (χ1) is 7.61. The van der Waals surface area contributed by atoms with E-state index in [0.717, 1.165) is 19.4 Å². The smallest absolute Gasteiger partial charge is 0.261 e. The first-order valence-corrected chi connectivity index (χ1v) is 5.96. The monoisotopic (exact) mass is 236 g/mol. The van der Waals surface area contributed by atoms with Gasteiger partial charge in [-0.05, 0) is 26.3 Å². The van der Waals surface area contributed by atoms with Crippen LogP contribution in [0.15, 0.2) is 0 Å². The van der Waals surface area contributed by atoms with Crippen molar-refractivity contribution in [1.82, 2.24) is 4.90 Å². The minimum Gasteiger partial charge on any atom is -0.374 e. The molecule has 1 saturated heterocycles. The highest BCUT2D eigenvalue weighted by Crippen LogP contribution is 2.18. The van der Waals surface area contributed by atoms with Gasteiger partial charge in [0.1, 0.15) is 6.61 Å². The highest BCUT2D eigenvalue weighted by atomic mass is 19.3. The predicted molar refractivity (Wildman–Crippen MR) is 59.7 cm³/mol. The van der Waals surface area contributed by atoms with Crippen molar-refractivity contribution >= 4 is 0 Å². The van der Waals surface area contributed by atoms with Gasteiger partial charge in [-0.1, -0.05) is 6.42 Å². The molecule has 1 aliphatic rings. The zero-order valence-corrected chi connectivity index (χ0v) is 9.87. The molecule has 1 rings (SSSR count). The molecule has 0 aromatic rings. The van der Waals surface area contributed by atoms with Gasteiger partial charge in [0.2, 0.25) is 0 Å². The molecule has 2 unspecified atom stereocenters. The minimum atomic E-state index is -2.37. The SMILES string of the molecule is CC(N)C1CCCCN1CCOCC(F)F. The molecule has 1 aliphatic heterocycles. The third-order valence-corrected chi connectivity index (χ3v) is 3.04. The predicted octanol–water partition coefficient (Wildman–Crippen LogP) is 1.47. The molecule has 0 aromatic heterocycles. The van der Waals surface area contributed by atoms with Crippen LogP contribution in [0.4, 0.5) is 8.78 Å². The topological polar surface area (TPSA) is 38.5 Å². The van der Waals surface area contributed by atoms with Gasteiger partial charge in [0.05, 0.1) is 6.61 Å². The Labute approximate surface area is 95.9 Å². The van der Waals surface area contributed by atoms with Crippen molar-refractivity contribution in [1.29, 1.82) is 0 Å². The van der Waals surface area contributed by atoms with Gasteiger partial charge in [-0.3, -0.25) is 4.90 Å². The molecular weight excluding hydrogens is 214 g/mol. The Morgan fingerprint density at radius 2 is 2.19 bits per heavy atom. The van der Waals surface area contributed by atoms with Crippen LogP contribution >= 0.6 is 0 Å². The number of hydrogen-bond acceptors (Lipinski definition) is 3. The summed E-state index contributed by atoms with van der Waals surface area (Å²) in [6.07, 6.45) is 1.11. The maximum absolute atomic E-state index is 11.8. The molecule has 16 heavy (non-hydrogen) atoms. The van der Waals surface area contributed by atoms with Crippen LogP contribution in [0, 0.1) is 0 Å². The molecule has 5 heteroatoms. The molecule has 2 N–H and O–H groups in total. The lowest BCUT2D eigenvalue weighted by molar-refractivity contribution is 0.00126. The molecule has 2 atom stereocenters. The summed E-state index contributed by atoms with van der Waals surface area (Å²) < 4.78 is 28.6. The van der Waals surface area contributed by atoms with E-state index in [4.69, 9.17) is 10.5 Å². The fourth-order valence-corrected chi connectivity index (χ4v) is 2.24. The van der Waals surface area contributed by atoms with E-state index in [9.17, 15) is 8.78 Å². The quantitative estimate of drug-likeness (QED) is 0.710. The lowest BCUT2D eigenvalue weighted by Gasteiger charge is -2.37. The van der Waals surface area contributed by atoms with Crippen molar-refractivity contribution in [2.24, 2.45) is 5.73 Å². The highest BCUT2D eigenvalue weighted by Gasteiger charge is 2.24. The first kappa shape index (κ1) is 13.8. The highest BCUT2D eigenvalue weighted by molar-refractivity contribution is 4.82. The molecule has 3 nitrogen and oxygen atoms in total. The lowest BCUT2D eigenvalue weighted by atomic mass is 9.97. The maximum atomic E-state index is 11.8. The first-order valence-electron chi connectivity index (χ1n) is 5.96. The van der Waals surface area contributed by atoms with Crippen LogP contribution in [0.25, 0.3) is 0 Å². The summed E-state index contributed by atoms with van der Waals surface area (Å²) in [5.74, 6) is 0. The second-order valence-electron chi connectivity index (χ2n) is 4.42. The van der Waals surface area contributed by atoms with E-state index in [-0.39, 0.29) is 6.04 Å². The summed E-state index contributed by atoms with van der Waals surface area (Å²) in [4.78, 5) is 2.26. The molecule has 0 radical (unpaired) electrons. The van der Waals surface area contributed by atoms with Crippen molar-refractivity contribution in [2.75, 3.05) is 26.3 Å². The van der Waals surface area contributed by atoms with E-state index >= 15 is 0 Å². The second kappa shape index (κ2) is 7.14. The van der Waals surface area contributed by atoms with Gasteiger partial charge in [-0.25, -0.2) is 8.78 Å². The molecule has 1 heterocycles. The largest absolute Gasteiger partial charge is 0.374 e. The average molecular weight is 236 g/mol. The third-order valence-electron chi connectivity index (χ3n) is 3.04. The molecule has 96 valence electrons. The normalized spacial score (nSPS) is 24.9. The average Bonchev–Trinajstić information content (AvgIpc) is 2.24. The van der Waals surface area contributed by atoms with E-state index < -0.39 is 13.0 Å². The van der Waals surface area contributed by atoms with Gasteiger partial charge < -0.3 is 10.5 Å². The van der Waals surface area contributed by atoms with Crippen LogP contribution in [0.2, 0.25) is 0 Å². The molecule has 0 spiro atoms. The van der Waals surface area contributed by atoms with Crippen LogP contribution in [0.3, 0.4) is 0 Å². The summed E-state index contributed by atoms with van der Waals surface area (Å²) in [5, 5.41) is 0. The molecule has 1 fully saturated rings. The van der Waals surface area contributed by atoms with Crippen molar-refractivity contribution < 1.29 is 13.5 Å². The van der Waals surface area contributed by atoms with Gasteiger partial charge in [-0.15, -0.1) is 0 Å². The van der Waals surface area contributed by atoms with Crippen LogP contribution < -0.4 is 5.73 Å². The Hall–Kier alpha value is -0.260. The van der Waals surface area contributed by atoms with Crippen LogP contribution in [-0.2, 0) is 4.74 Å². The second-order valence-corrected chi connectivity index (χ2v) is 4.42. The summed E-state index contributed by atoms with van der Waals surface area (Å²) in [6, 6.07) is 0.513. The molecule has 0 aromatic carbocycles. The van der Waals surface area contributed by atoms with Gasteiger partial charge in [0.25, 0.3) is 6.43 Å². The Balaban J connectivity index is 2.22. The number of halogens is 2. The fraction of sp³-hybridized carbons (Fsp3) is 1.00. The lowest BCUT2D eigenvalue weighted by Crippen LogP contribution is -2.50. The van der Waals surface area contributed by atoms with Crippen LogP contribution in [0.5, 0.6) is 0 Å². The van der Waals surface area contributed by atoms with Crippen molar-refractivity contribution in [3.63, 3.8) is 0 Å². The standard InChI is InChI=1S/C11H22F2N2O/c1-9(14)10-4-2-3-5-15(10)6-7-16-8-11(12)13/h9-11H,2-8,14H2,1H3. The van der Waals surface area contributed by atoms with E-state index in [0.29, 0.717) is 19.2 Å². The number of alkyl halides is 2. The van der Waals surface area contributed by atoms with Crippen LogP contribution in [-0.4, -0.2) is 49.7 Å². The van der Waals surface area contributed by atoms with Gasteiger partial charge >= 0.3 is 0 Å². The zero-order chi connectivity index (χ0) is 12.0. The minimum absolute atomic E-state index is 0.135. The Kier molecular flexibility index (Phi) is 6.16. The number of piperidine rings is 1. The number of ether oxygens (including phenoxy) is 1. The van der Waals surface area contributed by atoms with E-state index in [2.05, 4.69) is 4.90 Å². The Morgan fingerprint density at radius 1 is 1.44 bits per heavy atom. The third kappa shape index (κ3) is 4.72. The number of nitrogens with two attached hydrogens (primary N) is 1. The molecule has 0 saturated carbocycles. The summed E-state index contributed by atoms with van der Waals surface area (Å²) in [6.45, 7) is 3.62. The van der Waals surface area contributed by atoms with Crippen molar-refractivity contribution in [2.45, 2.75) is 44.7 Å².